The first-order valence-corrected chi connectivity index (χ1v) is 28.6. The number of piperidine rings is 1. The van der Waals surface area contributed by atoms with Gasteiger partial charge in [-0.15, -0.1) is 11.8 Å². The number of urea groups is 1. The van der Waals surface area contributed by atoms with Crippen molar-refractivity contribution < 1.29 is 33.4 Å². The third kappa shape index (κ3) is 11.8. The van der Waals surface area contributed by atoms with Gasteiger partial charge in [0.25, 0.3) is 5.91 Å². The van der Waals surface area contributed by atoms with Crippen LogP contribution in [0.3, 0.4) is 0 Å². The Morgan fingerprint density at radius 3 is 2.53 bits per heavy atom. The fraction of sp³-hybridized carbons (Fsp3) is 0.607. The molecule has 75 heavy (non-hydrogen) atoms. The summed E-state index contributed by atoms with van der Waals surface area (Å²) in [5, 5.41) is 7.30. The van der Waals surface area contributed by atoms with Gasteiger partial charge in [0.05, 0.1) is 45.6 Å². The van der Waals surface area contributed by atoms with Crippen LogP contribution < -0.4 is 16.1 Å². The number of thioether (sulfide) groups is 1. The molecule has 3 N–H and O–H groups in total. The first-order valence-electron chi connectivity index (χ1n) is 26.8. The van der Waals surface area contributed by atoms with E-state index in [0.717, 1.165) is 44.6 Å². The molecule has 405 valence electrons. The number of methoxy groups -OCH3 is 1. The number of pyridine rings is 1. The number of piperazine rings is 1. The zero-order valence-electron chi connectivity index (χ0n) is 45.6. The summed E-state index contributed by atoms with van der Waals surface area (Å²) in [7, 11) is 7.34. The van der Waals surface area contributed by atoms with Gasteiger partial charge in [0.15, 0.2) is 0 Å². The Hall–Kier alpha value is -5.05. The first-order chi connectivity index (χ1) is 35.8. The number of hydrazine groups is 1. The predicted molar refractivity (Wildman–Crippen MR) is 295 cm³/mol. The van der Waals surface area contributed by atoms with Gasteiger partial charge in [-0.3, -0.25) is 34.1 Å². The van der Waals surface area contributed by atoms with E-state index in [1.807, 2.05) is 44.2 Å². The number of rotatable bonds is 10. The van der Waals surface area contributed by atoms with Crippen LogP contribution in [-0.4, -0.2) is 182 Å². The SMILES string of the molecule is C=CC(=O)N1CCNC2(CCN(C(=O)N(C)[C@H](C(=O)NC3([Si])CN4CCC=C(C4)c4ccc5c(c4)c(c(-c4cccnc4[C@H](C)OC)n5CC)CC(C)(C)COC(=O)[C@@H]4CCCN(NC4SC)C3=O)C(C)C)CC2)C1. The molecule has 3 saturated heterocycles. The maximum Gasteiger partial charge on any atom is 0.320 e. The van der Waals surface area contributed by atoms with E-state index in [4.69, 9.17) is 14.5 Å². The first kappa shape index (κ1) is 56.2. The van der Waals surface area contributed by atoms with Gasteiger partial charge in [-0.25, -0.2) is 10.2 Å². The number of likely N-dealkylation sites (N-methyl/N-ethyl adjacent to an activating group) is 1. The number of carbonyl (C=O) groups is 5. The van der Waals surface area contributed by atoms with E-state index in [1.165, 1.54) is 22.7 Å². The van der Waals surface area contributed by atoms with Crippen LogP contribution in [0.2, 0.25) is 0 Å². The maximum absolute atomic E-state index is 15.4. The quantitative estimate of drug-likeness (QED) is 0.131. The number of aromatic nitrogens is 2. The number of cyclic esters (lactones) is 1. The molecule has 8 rings (SSSR count). The fourth-order valence-electron chi connectivity index (χ4n) is 12.1. The van der Waals surface area contributed by atoms with Crippen LogP contribution >= 0.6 is 11.8 Å². The van der Waals surface area contributed by atoms with Crippen molar-refractivity contribution in [1.82, 2.24) is 50.2 Å². The van der Waals surface area contributed by atoms with Crippen molar-refractivity contribution in [1.29, 1.82) is 0 Å². The van der Waals surface area contributed by atoms with Crippen molar-refractivity contribution in [2.24, 2.45) is 17.3 Å². The van der Waals surface area contributed by atoms with Gasteiger partial charge in [-0.05, 0) is 112 Å². The lowest BCUT2D eigenvalue weighted by molar-refractivity contribution is -0.152. The van der Waals surface area contributed by atoms with Crippen LogP contribution in [0, 0.1) is 17.3 Å². The van der Waals surface area contributed by atoms with Crippen molar-refractivity contribution in [3.05, 3.63) is 72.1 Å². The minimum Gasteiger partial charge on any atom is -0.465 e. The molecule has 6 bridgehead atoms. The van der Waals surface area contributed by atoms with Gasteiger partial charge in [0.1, 0.15) is 11.2 Å². The van der Waals surface area contributed by atoms with Crippen molar-refractivity contribution in [2.45, 2.75) is 115 Å². The molecule has 3 unspecified atom stereocenters. The number of amides is 5. The molecule has 3 radical (unpaired) electrons. The zero-order chi connectivity index (χ0) is 54.0. The van der Waals surface area contributed by atoms with Gasteiger partial charge in [-0.2, -0.15) is 0 Å². The van der Waals surface area contributed by atoms with E-state index in [0.29, 0.717) is 90.9 Å². The number of carbonyl (C=O) groups excluding carboxylic acids is 5. The summed E-state index contributed by atoms with van der Waals surface area (Å²) in [5.74, 6) is -2.19. The Morgan fingerprint density at radius 1 is 1.08 bits per heavy atom. The minimum absolute atomic E-state index is 0.0972. The smallest absolute Gasteiger partial charge is 0.320 e. The molecule has 17 nitrogen and oxygen atoms in total. The number of benzene rings is 1. The molecular formula is C56H79N10O7SSi. The molecule has 1 spiro atoms. The average molecular weight is 1060 g/mol. The molecular weight excluding hydrogens is 985 g/mol. The standard InChI is InChI=1S/C56H79N10O7SSi/c1-11-45(67)64-29-24-58-55(33-64)21-27-63(28-22-55)53(71)61(8)47(36(3)4)49(68)59-56(75)34-62-25-14-16-39(32-62)38-19-20-44-42(30-38)43(48(65(44)12-2)40-17-13-23-57-46(40)37(5)72-9)31-54(6,7)35-73-51(69)41-18-15-26-66(52(56)70)60-50(41)74-10/h11,13,16-17,19-20,23,30,36-37,41,47,50,58,60H,1,12,14-15,18,21-22,24-29,31-35H2,2-10H3,(H,59,68)/t37-,41+,47-,50?,56?/m0/s1. The number of fused-ring (bicyclic) bond motifs is 7. The van der Waals surface area contributed by atoms with Crippen molar-refractivity contribution >= 4 is 68.2 Å². The molecule has 7 heterocycles. The van der Waals surface area contributed by atoms with Gasteiger partial charge < -0.3 is 39.4 Å². The van der Waals surface area contributed by atoms with Crippen molar-refractivity contribution in [3.8, 4) is 11.3 Å². The Morgan fingerprint density at radius 2 is 1.84 bits per heavy atom. The van der Waals surface area contributed by atoms with Crippen LogP contribution in [0.4, 0.5) is 4.79 Å². The lowest BCUT2D eigenvalue weighted by atomic mass is 9.84. The third-order valence-electron chi connectivity index (χ3n) is 16.2. The second-order valence-electron chi connectivity index (χ2n) is 22.4. The van der Waals surface area contributed by atoms with Gasteiger partial charge in [0.2, 0.25) is 11.8 Å². The lowest BCUT2D eigenvalue weighted by Crippen LogP contribution is -2.70. The number of aryl methyl sites for hydroxylation is 1. The monoisotopic (exact) mass is 1060 g/mol. The Bertz CT molecular complexity index is 2670. The number of likely N-dealkylation sites (tertiary alicyclic amines) is 1. The van der Waals surface area contributed by atoms with Crippen LogP contribution in [0.5, 0.6) is 0 Å². The van der Waals surface area contributed by atoms with Crippen LogP contribution in [0.15, 0.2) is 55.3 Å². The molecule has 6 atom stereocenters. The normalized spacial score (nSPS) is 25.2. The second-order valence-corrected chi connectivity index (χ2v) is 24.3. The predicted octanol–water partition coefficient (Wildman–Crippen LogP) is 5.59. The molecule has 5 aliphatic heterocycles. The molecule has 0 aliphatic carbocycles. The summed E-state index contributed by atoms with van der Waals surface area (Å²) in [6.45, 7) is 21.1. The van der Waals surface area contributed by atoms with Crippen LogP contribution in [0.1, 0.15) is 96.6 Å². The van der Waals surface area contributed by atoms with E-state index in [-0.39, 0.29) is 55.2 Å². The van der Waals surface area contributed by atoms with Crippen LogP contribution in [0.25, 0.3) is 27.7 Å². The summed E-state index contributed by atoms with van der Waals surface area (Å²) in [6, 6.07) is 9.54. The zero-order valence-corrected chi connectivity index (χ0v) is 47.4. The molecule has 19 heteroatoms. The van der Waals surface area contributed by atoms with Crippen LogP contribution in [-0.2, 0) is 41.6 Å². The number of hydrogen-bond donors (Lipinski definition) is 3. The average Bonchev–Trinajstić information content (AvgIpc) is 3.54. The molecule has 0 saturated carbocycles. The Balaban J connectivity index is 1.13. The van der Waals surface area contributed by atoms with E-state index in [1.54, 1.807) is 24.1 Å². The van der Waals surface area contributed by atoms with E-state index in [2.05, 4.69) is 93.5 Å². The largest absolute Gasteiger partial charge is 0.465 e. The minimum atomic E-state index is -1.66. The Kier molecular flexibility index (Phi) is 17.4. The number of nitrogens with zero attached hydrogens (tertiary/aromatic N) is 7. The summed E-state index contributed by atoms with van der Waals surface area (Å²) < 4.78 is 14.6. The van der Waals surface area contributed by atoms with E-state index < -0.39 is 39.7 Å². The third-order valence-corrected chi connectivity index (χ3v) is 17.6. The molecule has 5 aliphatic rings. The highest BCUT2D eigenvalue weighted by Crippen LogP contribution is 2.42. The molecule has 1 aromatic carbocycles. The molecule has 2 aromatic heterocycles. The van der Waals surface area contributed by atoms with Crippen molar-refractivity contribution in [3.63, 3.8) is 0 Å². The summed E-state index contributed by atoms with van der Waals surface area (Å²) >= 11 is 1.45. The highest BCUT2D eigenvalue weighted by molar-refractivity contribution is 7.99. The molecule has 3 aromatic rings. The number of esters is 1. The second kappa shape index (κ2) is 23.3. The molecule has 5 amide bonds. The summed E-state index contributed by atoms with van der Waals surface area (Å²) in [6.07, 6.45) is 10.7. The lowest BCUT2D eigenvalue weighted by Gasteiger charge is -2.48. The topological polar surface area (TPSA) is 174 Å². The van der Waals surface area contributed by atoms with E-state index >= 15 is 9.59 Å². The number of nitrogens with one attached hydrogen (secondary N) is 3. The number of hydrogen-bond acceptors (Lipinski definition) is 12. The maximum atomic E-state index is 15.4. The highest BCUT2D eigenvalue weighted by Gasteiger charge is 2.47. The number of ether oxygens (including phenoxy) is 2. The summed E-state index contributed by atoms with van der Waals surface area (Å²) in [5.41, 5.74) is 9.92. The van der Waals surface area contributed by atoms with Gasteiger partial charge >= 0.3 is 12.0 Å². The highest BCUT2D eigenvalue weighted by atomic mass is 32.2. The van der Waals surface area contributed by atoms with Gasteiger partial charge in [0, 0.05) is 113 Å². The fourth-order valence-corrected chi connectivity index (χ4v) is 13.4. The summed E-state index contributed by atoms with van der Waals surface area (Å²) in [4.78, 5) is 84.0. The van der Waals surface area contributed by atoms with Crippen molar-refractivity contribution in [2.75, 3.05) is 85.9 Å². The molecule has 3 fully saturated rings. The van der Waals surface area contributed by atoms with Gasteiger partial charge in [-0.1, -0.05) is 46.4 Å². The Labute approximate surface area is 451 Å². The van der Waals surface area contributed by atoms with E-state index in [9.17, 15) is 14.4 Å².